The number of aromatic nitrogens is 2. The predicted molar refractivity (Wildman–Crippen MR) is 160 cm³/mol. The molecule has 10 heteroatoms. The Labute approximate surface area is 234 Å². The molecule has 2 aliphatic rings. The van der Waals surface area contributed by atoms with Crippen molar-refractivity contribution >= 4 is 51.7 Å². The number of pyridine rings is 1. The summed E-state index contributed by atoms with van der Waals surface area (Å²) in [6, 6.07) is 3.78. The van der Waals surface area contributed by atoms with Crippen LogP contribution in [0.5, 0.6) is 0 Å². The molecular weight excluding hydrogens is 518 g/mol. The SMILES string of the molecule is CCCC[C@@H](CC)CN1C(=O)/C(=C\c2c(NCCCN3CCOCC3)nc3c(C)cccn3c2=O)SC1=S. The molecule has 2 aromatic rings. The van der Waals surface area contributed by atoms with Crippen LogP contribution in [0.15, 0.2) is 28.0 Å². The second-order valence-corrected chi connectivity index (χ2v) is 11.7. The number of hydrogen-bond acceptors (Lipinski definition) is 8. The van der Waals surface area contributed by atoms with Gasteiger partial charge in [0.2, 0.25) is 0 Å². The van der Waals surface area contributed by atoms with Crippen LogP contribution in [0.1, 0.15) is 57.1 Å². The standard InChI is InChI=1S/C28H39N5O3S2/c1-4-6-10-21(5-2)19-33-27(35)23(38-28(33)37)18-22-24(29-11-8-12-31-14-16-36-17-15-31)30-25-20(3)9-7-13-32(25)26(22)34/h7,9,13,18,21,29H,4-6,8,10-12,14-17,19H2,1-3H3/b23-18+/t21-/m1/s1. The predicted octanol–water partition coefficient (Wildman–Crippen LogP) is 4.55. The van der Waals surface area contributed by atoms with E-state index in [1.54, 1.807) is 21.6 Å². The quantitative estimate of drug-likeness (QED) is 0.231. The van der Waals surface area contributed by atoms with E-state index < -0.39 is 0 Å². The molecule has 8 nitrogen and oxygen atoms in total. The van der Waals surface area contributed by atoms with E-state index in [4.69, 9.17) is 21.9 Å². The zero-order chi connectivity index (χ0) is 27.1. The minimum Gasteiger partial charge on any atom is -0.379 e. The van der Waals surface area contributed by atoms with Gasteiger partial charge in [-0.3, -0.25) is 23.8 Å². The van der Waals surface area contributed by atoms with Gasteiger partial charge in [0.15, 0.2) is 0 Å². The fourth-order valence-electron chi connectivity index (χ4n) is 4.87. The number of anilines is 1. The van der Waals surface area contributed by atoms with Gasteiger partial charge in [0.05, 0.1) is 23.7 Å². The highest BCUT2D eigenvalue weighted by atomic mass is 32.2. The van der Waals surface area contributed by atoms with E-state index in [1.807, 2.05) is 19.1 Å². The third-order valence-corrected chi connectivity index (χ3v) is 8.64. The lowest BCUT2D eigenvalue weighted by molar-refractivity contribution is -0.122. The molecule has 0 aromatic carbocycles. The van der Waals surface area contributed by atoms with Crippen LogP contribution in [0.3, 0.4) is 0 Å². The van der Waals surface area contributed by atoms with E-state index in [9.17, 15) is 9.59 Å². The third kappa shape index (κ3) is 6.83. The van der Waals surface area contributed by atoms with Crippen molar-refractivity contribution in [3.63, 3.8) is 0 Å². The number of rotatable bonds is 12. The van der Waals surface area contributed by atoms with E-state index in [-0.39, 0.29) is 11.5 Å². The number of thioether (sulfide) groups is 1. The summed E-state index contributed by atoms with van der Waals surface area (Å²) in [7, 11) is 0. The summed E-state index contributed by atoms with van der Waals surface area (Å²) >= 11 is 6.87. The normalized spacial score (nSPS) is 18.6. The van der Waals surface area contributed by atoms with Crippen LogP contribution in [0, 0.1) is 12.8 Å². The first-order valence-corrected chi connectivity index (χ1v) is 15.0. The average molecular weight is 558 g/mol. The van der Waals surface area contributed by atoms with Crippen molar-refractivity contribution in [2.75, 3.05) is 51.3 Å². The molecule has 2 saturated heterocycles. The highest BCUT2D eigenvalue weighted by molar-refractivity contribution is 8.26. The van der Waals surface area contributed by atoms with Gasteiger partial charge in [-0.05, 0) is 49.9 Å². The van der Waals surface area contributed by atoms with Gasteiger partial charge in [-0.25, -0.2) is 4.98 Å². The van der Waals surface area contributed by atoms with Crippen molar-refractivity contribution in [2.45, 2.75) is 52.9 Å². The maximum atomic E-state index is 13.6. The molecule has 38 heavy (non-hydrogen) atoms. The Bertz CT molecular complexity index is 1240. The summed E-state index contributed by atoms with van der Waals surface area (Å²) in [4.78, 5) is 36.4. The number of ether oxygens (including phenoxy) is 1. The Morgan fingerprint density at radius 3 is 2.76 bits per heavy atom. The largest absolute Gasteiger partial charge is 0.379 e. The Balaban J connectivity index is 1.58. The summed E-state index contributed by atoms with van der Waals surface area (Å²) in [6.07, 6.45) is 8.67. The van der Waals surface area contributed by atoms with Gasteiger partial charge >= 0.3 is 0 Å². The van der Waals surface area contributed by atoms with Crippen molar-refractivity contribution in [3.05, 3.63) is 44.7 Å². The van der Waals surface area contributed by atoms with Crippen molar-refractivity contribution in [2.24, 2.45) is 5.92 Å². The number of fused-ring (bicyclic) bond motifs is 1. The minimum absolute atomic E-state index is 0.123. The van der Waals surface area contributed by atoms with Gasteiger partial charge in [0.1, 0.15) is 15.8 Å². The van der Waals surface area contributed by atoms with E-state index in [0.717, 1.165) is 70.5 Å². The smallest absolute Gasteiger partial charge is 0.267 e. The van der Waals surface area contributed by atoms with Gasteiger partial charge in [-0.1, -0.05) is 63.2 Å². The van der Waals surface area contributed by atoms with Crippen molar-refractivity contribution in [3.8, 4) is 0 Å². The number of carbonyl (C=O) groups is 1. The molecule has 4 rings (SSSR count). The molecule has 0 aliphatic carbocycles. The zero-order valence-corrected chi connectivity index (χ0v) is 24.3. The zero-order valence-electron chi connectivity index (χ0n) is 22.7. The molecule has 0 radical (unpaired) electrons. The topological polar surface area (TPSA) is 79.2 Å². The highest BCUT2D eigenvalue weighted by Gasteiger charge is 2.33. The van der Waals surface area contributed by atoms with Crippen LogP contribution in [-0.4, -0.2) is 75.3 Å². The fourth-order valence-corrected chi connectivity index (χ4v) is 6.13. The van der Waals surface area contributed by atoms with Crippen LogP contribution < -0.4 is 10.9 Å². The maximum absolute atomic E-state index is 13.6. The Kier molecular flexibility index (Phi) is 10.3. The molecule has 206 valence electrons. The molecular formula is C28H39N5O3S2. The van der Waals surface area contributed by atoms with Crippen molar-refractivity contribution in [1.29, 1.82) is 0 Å². The molecule has 0 unspecified atom stereocenters. The van der Waals surface area contributed by atoms with Crippen LogP contribution in [0.25, 0.3) is 11.7 Å². The number of amides is 1. The molecule has 0 saturated carbocycles. The number of thiocarbonyl (C=S) groups is 1. The third-order valence-electron chi connectivity index (χ3n) is 7.26. The lowest BCUT2D eigenvalue weighted by atomic mass is 9.99. The van der Waals surface area contributed by atoms with Crippen LogP contribution >= 0.6 is 24.0 Å². The van der Waals surface area contributed by atoms with E-state index in [1.165, 1.54) is 11.8 Å². The van der Waals surface area contributed by atoms with E-state index in [2.05, 4.69) is 24.1 Å². The summed E-state index contributed by atoms with van der Waals surface area (Å²) in [6.45, 7) is 12.0. The number of carbonyl (C=O) groups excluding carboxylic acids is 1. The number of nitrogens with zero attached hydrogens (tertiary/aromatic N) is 4. The summed E-state index contributed by atoms with van der Waals surface area (Å²) < 4.78 is 7.55. The van der Waals surface area contributed by atoms with Crippen molar-refractivity contribution in [1.82, 2.24) is 19.2 Å². The molecule has 4 heterocycles. The fraction of sp³-hybridized carbons (Fsp3) is 0.571. The molecule has 0 bridgehead atoms. The molecule has 2 aliphatic heterocycles. The summed E-state index contributed by atoms with van der Waals surface area (Å²) in [5.41, 5.74) is 1.71. The first-order valence-electron chi connectivity index (χ1n) is 13.7. The van der Waals surface area contributed by atoms with Gasteiger partial charge in [0, 0.05) is 32.4 Å². The van der Waals surface area contributed by atoms with Gasteiger partial charge < -0.3 is 10.1 Å². The Morgan fingerprint density at radius 1 is 1.24 bits per heavy atom. The molecule has 1 atom stereocenters. The van der Waals surface area contributed by atoms with E-state index >= 15 is 0 Å². The number of morpholine rings is 1. The first kappa shape index (κ1) is 28.7. The molecule has 2 aromatic heterocycles. The molecule has 2 fully saturated rings. The van der Waals surface area contributed by atoms with Gasteiger partial charge in [-0.15, -0.1) is 0 Å². The Hall–Kier alpha value is -2.27. The highest BCUT2D eigenvalue weighted by Crippen LogP contribution is 2.34. The average Bonchev–Trinajstić information content (AvgIpc) is 3.19. The number of nitrogens with one attached hydrogen (secondary N) is 1. The monoisotopic (exact) mass is 557 g/mol. The maximum Gasteiger partial charge on any atom is 0.267 e. The molecule has 1 N–H and O–H groups in total. The molecule has 0 spiro atoms. The first-order chi connectivity index (χ1) is 18.4. The van der Waals surface area contributed by atoms with Crippen molar-refractivity contribution < 1.29 is 9.53 Å². The number of unbranched alkanes of at least 4 members (excludes halogenated alkanes) is 1. The lowest BCUT2D eigenvalue weighted by Gasteiger charge is -2.26. The second kappa shape index (κ2) is 13.7. The van der Waals surface area contributed by atoms with Crippen LogP contribution in [0.2, 0.25) is 0 Å². The lowest BCUT2D eigenvalue weighted by Crippen LogP contribution is -2.37. The minimum atomic E-state index is -0.200. The van der Waals surface area contributed by atoms with Gasteiger partial charge in [-0.2, -0.15) is 0 Å². The number of aryl methyl sites for hydroxylation is 1. The summed E-state index contributed by atoms with van der Waals surface area (Å²) in [5.74, 6) is 0.796. The van der Waals surface area contributed by atoms with E-state index in [0.29, 0.717) is 45.3 Å². The summed E-state index contributed by atoms with van der Waals surface area (Å²) in [5, 5.41) is 3.39. The van der Waals surface area contributed by atoms with Gasteiger partial charge in [0.25, 0.3) is 11.5 Å². The molecule has 1 amide bonds. The second-order valence-electron chi connectivity index (χ2n) is 10.0. The van der Waals surface area contributed by atoms with Crippen LogP contribution in [-0.2, 0) is 9.53 Å². The number of hydrogen-bond donors (Lipinski definition) is 1. The van der Waals surface area contributed by atoms with Crippen LogP contribution in [0.4, 0.5) is 5.82 Å². The Morgan fingerprint density at radius 2 is 2.03 bits per heavy atom.